The summed E-state index contributed by atoms with van der Waals surface area (Å²) in [5.74, 6) is 0.104. The molecule has 0 unspecified atom stereocenters. The number of nitrogens with zero attached hydrogens (tertiary/aromatic N) is 1. The third-order valence-electron chi connectivity index (χ3n) is 4.37. The second kappa shape index (κ2) is 6.54. The summed E-state index contributed by atoms with van der Waals surface area (Å²) in [6.07, 6.45) is 2.18. The quantitative estimate of drug-likeness (QED) is 0.896. The topological polar surface area (TPSA) is 32.3 Å². The van der Waals surface area contributed by atoms with Crippen LogP contribution in [0, 0.1) is 6.92 Å². The molecule has 24 heavy (non-hydrogen) atoms. The molecule has 1 N–H and O–H groups in total. The average Bonchev–Trinajstić information content (AvgIpc) is 2.99. The molecule has 2 aromatic rings. The van der Waals surface area contributed by atoms with Crippen LogP contribution in [-0.4, -0.2) is 18.0 Å². The maximum absolute atomic E-state index is 13.0. The number of carbonyl (C=O) groups excluding carboxylic acids is 1. The maximum atomic E-state index is 13.0. The summed E-state index contributed by atoms with van der Waals surface area (Å²) in [5, 5.41) is 5.33. The fraction of sp³-hybridized carbons (Fsp3) is 0.350. The molecule has 3 rings (SSSR count). The Morgan fingerprint density at radius 2 is 2.04 bits per heavy atom. The fourth-order valence-electron chi connectivity index (χ4n) is 3.38. The second-order valence-corrected chi connectivity index (χ2v) is 7.95. The van der Waals surface area contributed by atoms with Crippen molar-refractivity contribution in [2.24, 2.45) is 0 Å². The molecule has 1 aliphatic heterocycles. The van der Waals surface area contributed by atoms with Gasteiger partial charge in [0, 0.05) is 17.0 Å². The molecule has 1 aliphatic rings. The fourth-order valence-corrected chi connectivity index (χ4v) is 4.06. The van der Waals surface area contributed by atoms with Crippen LogP contribution in [0.15, 0.2) is 41.8 Å². The van der Waals surface area contributed by atoms with Crippen LogP contribution >= 0.6 is 11.3 Å². The standard InChI is InChI=1S/C20H24N2OS/c1-14-7-8-17-15(2)11-20(3,4)22(18(17)10-14)19(23)13-21-12-16-6-5-9-24-16/h5-11,21H,12-13H2,1-4H3. The molecule has 0 spiro atoms. The third kappa shape index (κ3) is 3.30. The first-order valence-corrected chi connectivity index (χ1v) is 9.13. The molecule has 1 amide bonds. The predicted molar refractivity (Wildman–Crippen MR) is 102 cm³/mol. The number of amides is 1. The highest BCUT2D eigenvalue weighted by molar-refractivity contribution is 7.09. The molecule has 2 heterocycles. The number of nitrogens with one attached hydrogen (secondary N) is 1. The van der Waals surface area contributed by atoms with E-state index in [1.165, 1.54) is 16.0 Å². The highest BCUT2D eigenvalue weighted by Crippen LogP contribution is 2.39. The van der Waals surface area contributed by atoms with Gasteiger partial charge in [-0.25, -0.2) is 0 Å². The van der Waals surface area contributed by atoms with Crippen molar-refractivity contribution >= 4 is 28.5 Å². The summed E-state index contributed by atoms with van der Waals surface area (Å²) in [5.41, 5.74) is 4.23. The van der Waals surface area contributed by atoms with Crippen molar-refractivity contribution in [1.29, 1.82) is 0 Å². The molecule has 0 bridgehead atoms. The zero-order valence-electron chi connectivity index (χ0n) is 14.7. The minimum absolute atomic E-state index is 0.104. The molecule has 0 radical (unpaired) electrons. The van der Waals surface area contributed by atoms with E-state index in [2.05, 4.69) is 68.7 Å². The smallest absolute Gasteiger partial charge is 0.241 e. The first-order valence-electron chi connectivity index (χ1n) is 8.25. The lowest BCUT2D eigenvalue weighted by molar-refractivity contribution is -0.118. The summed E-state index contributed by atoms with van der Waals surface area (Å²) < 4.78 is 0. The van der Waals surface area contributed by atoms with Crippen molar-refractivity contribution in [3.8, 4) is 0 Å². The Balaban J connectivity index is 1.82. The average molecular weight is 340 g/mol. The number of fused-ring (bicyclic) bond motifs is 1. The van der Waals surface area contributed by atoms with E-state index in [1.54, 1.807) is 11.3 Å². The zero-order valence-corrected chi connectivity index (χ0v) is 15.5. The molecular weight excluding hydrogens is 316 g/mol. The molecule has 0 saturated carbocycles. The minimum atomic E-state index is -0.327. The van der Waals surface area contributed by atoms with Crippen LogP contribution in [0.25, 0.3) is 5.57 Å². The number of aryl methyl sites for hydroxylation is 1. The van der Waals surface area contributed by atoms with E-state index in [4.69, 9.17) is 0 Å². The van der Waals surface area contributed by atoms with E-state index < -0.39 is 0 Å². The molecule has 0 fully saturated rings. The Kier molecular flexibility index (Phi) is 4.61. The van der Waals surface area contributed by atoms with Gasteiger partial charge in [-0.2, -0.15) is 0 Å². The summed E-state index contributed by atoms with van der Waals surface area (Å²) in [6.45, 7) is 9.44. The van der Waals surface area contributed by atoms with Crippen molar-refractivity contribution in [3.63, 3.8) is 0 Å². The first kappa shape index (κ1) is 16.9. The van der Waals surface area contributed by atoms with Gasteiger partial charge in [0.15, 0.2) is 0 Å². The van der Waals surface area contributed by atoms with Gasteiger partial charge < -0.3 is 10.2 Å². The molecule has 0 aliphatic carbocycles. The molecule has 0 saturated heterocycles. The van der Waals surface area contributed by atoms with Crippen LogP contribution in [0.3, 0.4) is 0 Å². The number of hydrogen-bond donors (Lipinski definition) is 1. The van der Waals surface area contributed by atoms with E-state index in [1.807, 2.05) is 11.0 Å². The predicted octanol–water partition coefficient (Wildman–Crippen LogP) is 4.37. The van der Waals surface area contributed by atoms with Crippen molar-refractivity contribution in [3.05, 3.63) is 57.8 Å². The first-order chi connectivity index (χ1) is 11.4. The lowest BCUT2D eigenvalue weighted by Crippen LogP contribution is -2.51. The maximum Gasteiger partial charge on any atom is 0.241 e. The number of hydrogen-bond acceptors (Lipinski definition) is 3. The van der Waals surface area contributed by atoms with E-state index in [0.29, 0.717) is 6.54 Å². The lowest BCUT2D eigenvalue weighted by atomic mass is 9.88. The van der Waals surface area contributed by atoms with Crippen molar-refractivity contribution < 1.29 is 4.79 Å². The van der Waals surface area contributed by atoms with Crippen molar-refractivity contribution in [2.75, 3.05) is 11.4 Å². The zero-order chi connectivity index (χ0) is 17.3. The van der Waals surface area contributed by atoms with Gasteiger partial charge in [-0.05, 0) is 56.3 Å². The van der Waals surface area contributed by atoms with E-state index >= 15 is 0 Å². The molecule has 1 aromatic carbocycles. The van der Waals surface area contributed by atoms with E-state index in [-0.39, 0.29) is 11.4 Å². The van der Waals surface area contributed by atoms with Crippen LogP contribution < -0.4 is 10.2 Å². The Hall–Kier alpha value is -1.91. The van der Waals surface area contributed by atoms with Crippen molar-refractivity contribution in [1.82, 2.24) is 5.32 Å². The number of carbonyl (C=O) groups is 1. The van der Waals surface area contributed by atoms with Gasteiger partial charge in [-0.15, -0.1) is 11.3 Å². The number of anilines is 1. The van der Waals surface area contributed by atoms with Gasteiger partial charge in [0.2, 0.25) is 5.91 Å². The third-order valence-corrected chi connectivity index (χ3v) is 5.25. The highest BCUT2D eigenvalue weighted by Gasteiger charge is 2.35. The van der Waals surface area contributed by atoms with Gasteiger partial charge >= 0.3 is 0 Å². The van der Waals surface area contributed by atoms with Gasteiger partial charge in [-0.3, -0.25) is 4.79 Å². The summed E-state index contributed by atoms with van der Waals surface area (Å²) in [7, 11) is 0. The Labute approximate surface area is 148 Å². The van der Waals surface area contributed by atoms with Crippen LogP contribution in [-0.2, 0) is 11.3 Å². The van der Waals surface area contributed by atoms with Crippen LogP contribution in [0.1, 0.15) is 36.8 Å². The largest absolute Gasteiger partial charge is 0.303 e. The molecule has 4 heteroatoms. The van der Waals surface area contributed by atoms with Gasteiger partial charge in [0.25, 0.3) is 0 Å². The van der Waals surface area contributed by atoms with E-state index in [0.717, 1.165) is 17.8 Å². The SMILES string of the molecule is CC1=CC(C)(C)N(C(=O)CNCc2cccs2)c2cc(C)ccc21. The van der Waals surface area contributed by atoms with Crippen LogP contribution in [0.2, 0.25) is 0 Å². The Bertz CT molecular complexity index is 775. The minimum Gasteiger partial charge on any atom is -0.303 e. The number of rotatable bonds is 4. The highest BCUT2D eigenvalue weighted by atomic mass is 32.1. The normalized spacial score (nSPS) is 15.8. The Morgan fingerprint density at radius 3 is 2.75 bits per heavy atom. The number of benzene rings is 1. The molecule has 0 atom stereocenters. The van der Waals surface area contributed by atoms with Gasteiger partial charge in [0.1, 0.15) is 0 Å². The number of thiophene rings is 1. The van der Waals surface area contributed by atoms with Crippen LogP contribution in [0.4, 0.5) is 5.69 Å². The molecule has 1 aromatic heterocycles. The summed E-state index contributed by atoms with van der Waals surface area (Å²) >= 11 is 1.70. The lowest BCUT2D eigenvalue weighted by Gasteiger charge is -2.41. The summed E-state index contributed by atoms with van der Waals surface area (Å²) in [6, 6.07) is 10.4. The van der Waals surface area contributed by atoms with Crippen molar-refractivity contribution in [2.45, 2.75) is 39.8 Å². The Morgan fingerprint density at radius 1 is 1.25 bits per heavy atom. The van der Waals surface area contributed by atoms with Crippen LogP contribution in [0.5, 0.6) is 0 Å². The molecular formula is C20H24N2OS. The van der Waals surface area contributed by atoms with E-state index in [9.17, 15) is 4.79 Å². The molecule has 3 nitrogen and oxygen atoms in total. The monoisotopic (exact) mass is 340 g/mol. The molecule has 126 valence electrons. The number of allylic oxidation sites excluding steroid dienone is 1. The second-order valence-electron chi connectivity index (χ2n) is 6.91. The van der Waals surface area contributed by atoms with Gasteiger partial charge in [-0.1, -0.05) is 24.3 Å². The van der Waals surface area contributed by atoms with Gasteiger partial charge in [0.05, 0.1) is 17.8 Å². The summed E-state index contributed by atoms with van der Waals surface area (Å²) in [4.78, 5) is 16.1.